The van der Waals surface area contributed by atoms with Gasteiger partial charge >= 0.3 is 0 Å². The van der Waals surface area contributed by atoms with E-state index in [1.807, 2.05) is 12.1 Å². The van der Waals surface area contributed by atoms with Crippen molar-refractivity contribution in [3.63, 3.8) is 0 Å². The standard InChI is InChI=1S/C17H16ClNO3S/c1-23(21,22)15-7-3-6-14(11-15)19-16(20)17(8-9-17)12-4-2-5-13(18)10-12/h2-7,10-11H,8-9H2,1H3,(H,19,20). The Morgan fingerprint density at radius 3 is 2.43 bits per heavy atom. The summed E-state index contributed by atoms with van der Waals surface area (Å²) >= 11 is 6.02. The van der Waals surface area contributed by atoms with Crippen LogP contribution in [0.4, 0.5) is 5.69 Å². The maximum atomic E-state index is 12.7. The number of carbonyl (C=O) groups is 1. The number of anilines is 1. The molecule has 0 unspecified atom stereocenters. The molecule has 120 valence electrons. The Kier molecular flexibility index (Phi) is 3.94. The molecule has 1 fully saturated rings. The van der Waals surface area contributed by atoms with Crippen molar-refractivity contribution in [2.75, 3.05) is 11.6 Å². The fraction of sp³-hybridized carbons (Fsp3) is 0.235. The molecule has 0 aliphatic heterocycles. The summed E-state index contributed by atoms with van der Waals surface area (Å²) < 4.78 is 23.2. The summed E-state index contributed by atoms with van der Waals surface area (Å²) in [6, 6.07) is 13.6. The van der Waals surface area contributed by atoms with Crippen LogP contribution in [-0.2, 0) is 20.0 Å². The molecular weight excluding hydrogens is 334 g/mol. The lowest BCUT2D eigenvalue weighted by atomic mass is 9.95. The Labute approximate surface area is 140 Å². The molecular formula is C17H16ClNO3S. The maximum Gasteiger partial charge on any atom is 0.235 e. The number of carbonyl (C=O) groups excluding carboxylic acids is 1. The minimum absolute atomic E-state index is 0.134. The molecule has 6 heteroatoms. The average Bonchev–Trinajstić information content (AvgIpc) is 3.28. The predicted octanol–water partition coefficient (Wildman–Crippen LogP) is 3.41. The van der Waals surface area contributed by atoms with Crippen LogP contribution in [0.1, 0.15) is 18.4 Å². The number of amides is 1. The quantitative estimate of drug-likeness (QED) is 0.920. The molecule has 0 aromatic heterocycles. The topological polar surface area (TPSA) is 63.2 Å². The van der Waals surface area contributed by atoms with Crippen molar-refractivity contribution in [3.8, 4) is 0 Å². The predicted molar refractivity (Wildman–Crippen MR) is 90.5 cm³/mol. The fourth-order valence-corrected chi connectivity index (χ4v) is 3.47. The summed E-state index contributed by atoms with van der Waals surface area (Å²) in [6.07, 6.45) is 2.65. The van der Waals surface area contributed by atoms with Gasteiger partial charge in [-0.15, -0.1) is 0 Å². The van der Waals surface area contributed by atoms with Gasteiger partial charge in [-0.3, -0.25) is 4.79 Å². The Morgan fingerprint density at radius 2 is 1.83 bits per heavy atom. The van der Waals surface area contributed by atoms with Gasteiger partial charge in [0.05, 0.1) is 10.3 Å². The van der Waals surface area contributed by atoms with Gasteiger partial charge in [0.15, 0.2) is 9.84 Å². The van der Waals surface area contributed by atoms with Crippen molar-refractivity contribution < 1.29 is 13.2 Å². The first-order valence-electron chi connectivity index (χ1n) is 7.19. The van der Waals surface area contributed by atoms with Gasteiger partial charge in [0.1, 0.15) is 0 Å². The molecule has 2 aromatic rings. The molecule has 1 amide bonds. The van der Waals surface area contributed by atoms with E-state index in [1.54, 1.807) is 24.3 Å². The third-order valence-electron chi connectivity index (χ3n) is 4.08. The molecule has 1 saturated carbocycles. The van der Waals surface area contributed by atoms with E-state index in [0.717, 1.165) is 24.7 Å². The van der Waals surface area contributed by atoms with E-state index >= 15 is 0 Å². The summed E-state index contributed by atoms with van der Waals surface area (Å²) in [5, 5.41) is 3.43. The zero-order chi connectivity index (χ0) is 16.7. The van der Waals surface area contributed by atoms with E-state index in [0.29, 0.717) is 10.7 Å². The third kappa shape index (κ3) is 3.26. The van der Waals surface area contributed by atoms with Crippen LogP contribution in [0.5, 0.6) is 0 Å². The Hall–Kier alpha value is -1.85. The lowest BCUT2D eigenvalue weighted by molar-refractivity contribution is -0.118. The Morgan fingerprint density at radius 1 is 1.13 bits per heavy atom. The van der Waals surface area contributed by atoms with Crippen LogP contribution < -0.4 is 5.32 Å². The van der Waals surface area contributed by atoms with Gasteiger partial charge in [0.2, 0.25) is 5.91 Å². The van der Waals surface area contributed by atoms with Crippen molar-refractivity contribution in [3.05, 3.63) is 59.1 Å². The van der Waals surface area contributed by atoms with Crippen LogP contribution in [0.25, 0.3) is 0 Å². The lowest BCUT2D eigenvalue weighted by Crippen LogP contribution is -2.27. The average molecular weight is 350 g/mol. The van der Waals surface area contributed by atoms with Gasteiger partial charge in [0, 0.05) is 17.0 Å². The fourth-order valence-electron chi connectivity index (χ4n) is 2.61. The SMILES string of the molecule is CS(=O)(=O)c1cccc(NC(=O)C2(c3cccc(Cl)c3)CC2)c1. The number of benzene rings is 2. The second-order valence-electron chi connectivity index (χ2n) is 5.85. The number of hydrogen-bond donors (Lipinski definition) is 1. The zero-order valence-corrected chi connectivity index (χ0v) is 14.1. The molecule has 0 saturated heterocycles. The maximum absolute atomic E-state index is 12.7. The van der Waals surface area contributed by atoms with Crippen molar-refractivity contribution in [1.82, 2.24) is 0 Å². The first kappa shape index (κ1) is 16.0. The Bertz CT molecular complexity index is 873. The molecule has 4 nitrogen and oxygen atoms in total. The van der Waals surface area contributed by atoms with E-state index in [9.17, 15) is 13.2 Å². The van der Waals surface area contributed by atoms with Gasteiger partial charge in [-0.25, -0.2) is 8.42 Å². The van der Waals surface area contributed by atoms with Crippen LogP contribution in [-0.4, -0.2) is 20.6 Å². The largest absolute Gasteiger partial charge is 0.325 e. The van der Waals surface area contributed by atoms with E-state index in [1.165, 1.54) is 12.1 Å². The van der Waals surface area contributed by atoms with Crippen molar-refractivity contribution in [1.29, 1.82) is 0 Å². The molecule has 0 bridgehead atoms. The molecule has 0 atom stereocenters. The van der Waals surface area contributed by atoms with Crippen LogP contribution in [0.2, 0.25) is 5.02 Å². The highest BCUT2D eigenvalue weighted by molar-refractivity contribution is 7.90. The summed E-state index contributed by atoms with van der Waals surface area (Å²) in [5.74, 6) is -0.134. The highest BCUT2D eigenvalue weighted by Crippen LogP contribution is 2.49. The van der Waals surface area contributed by atoms with Crippen molar-refractivity contribution in [2.24, 2.45) is 0 Å². The number of halogens is 1. The summed E-state index contributed by atoms with van der Waals surface area (Å²) in [6.45, 7) is 0. The number of nitrogens with one attached hydrogen (secondary N) is 1. The normalized spacial score (nSPS) is 15.9. The van der Waals surface area contributed by atoms with Gasteiger partial charge in [-0.05, 0) is 48.7 Å². The van der Waals surface area contributed by atoms with E-state index in [4.69, 9.17) is 11.6 Å². The van der Waals surface area contributed by atoms with E-state index in [-0.39, 0.29) is 10.8 Å². The third-order valence-corrected chi connectivity index (χ3v) is 5.43. The monoisotopic (exact) mass is 349 g/mol. The second-order valence-corrected chi connectivity index (χ2v) is 8.30. The smallest absolute Gasteiger partial charge is 0.235 e. The molecule has 23 heavy (non-hydrogen) atoms. The number of hydrogen-bond acceptors (Lipinski definition) is 3. The second kappa shape index (κ2) is 5.65. The summed E-state index contributed by atoms with van der Waals surface area (Å²) in [5.41, 5.74) is 0.805. The van der Waals surface area contributed by atoms with Gasteiger partial charge in [0.25, 0.3) is 0 Å². The lowest BCUT2D eigenvalue weighted by Gasteiger charge is -2.16. The van der Waals surface area contributed by atoms with Crippen LogP contribution in [0.3, 0.4) is 0 Å². The molecule has 0 radical (unpaired) electrons. The van der Waals surface area contributed by atoms with Gasteiger partial charge < -0.3 is 5.32 Å². The van der Waals surface area contributed by atoms with Gasteiger partial charge in [-0.2, -0.15) is 0 Å². The zero-order valence-electron chi connectivity index (χ0n) is 12.5. The van der Waals surface area contributed by atoms with E-state index in [2.05, 4.69) is 5.32 Å². The highest BCUT2D eigenvalue weighted by atomic mass is 35.5. The number of rotatable bonds is 4. The highest BCUT2D eigenvalue weighted by Gasteiger charge is 2.51. The van der Waals surface area contributed by atoms with Crippen LogP contribution >= 0.6 is 11.6 Å². The minimum atomic E-state index is -3.31. The molecule has 0 heterocycles. The van der Waals surface area contributed by atoms with Gasteiger partial charge in [-0.1, -0.05) is 29.8 Å². The van der Waals surface area contributed by atoms with E-state index < -0.39 is 15.3 Å². The molecule has 2 aromatic carbocycles. The first-order chi connectivity index (χ1) is 10.8. The minimum Gasteiger partial charge on any atom is -0.325 e. The van der Waals surface area contributed by atoms with Crippen molar-refractivity contribution >= 4 is 33.0 Å². The Balaban J connectivity index is 1.85. The molecule has 1 aliphatic rings. The first-order valence-corrected chi connectivity index (χ1v) is 9.46. The summed E-state index contributed by atoms with van der Waals surface area (Å²) in [7, 11) is -3.31. The molecule has 3 rings (SSSR count). The summed E-state index contributed by atoms with van der Waals surface area (Å²) in [4.78, 5) is 12.8. The molecule has 1 aliphatic carbocycles. The molecule has 1 N–H and O–H groups in total. The number of sulfone groups is 1. The van der Waals surface area contributed by atoms with Crippen LogP contribution in [0, 0.1) is 0 Å². The van der Waals surface area contributed by atoms with Crippen molar-refractivity contribution in [2.45, 2.75) is 23.2 Å². The molecule has 0 spiro atoms. The van der Waals surface area contributed by atoms with Crippen LogP contribution in [0.15, 0.2) is 53.4 Å².